The number of H-pyrrole nitrogens is 1. The molecule has 0 bridgehead atoms. The Morgan fingerprint density at radius 2 is 1.81 bits per heavy atom. The molecule has 0 aliphatic carbocycles. The molecule has 26 heavy (non-hydrogen) atoms. The number of aromatic amines is 1. The molecule has 0 saturated carbocycles. The fraction of sp³-hybridized carbons (Fsp3) is 0.0588. The van der Waals surface area contributed by atoms with Crippen molar-refractivity contribution in [3.63, 3.8) is 0 Å². The number of pyridine rings is 1. The van der Waals surface area contributed by atoms with Crippen LogP contribution in [0.15, 0.2) is 62.8 Å². The highest BCUT2D eigenvalue weighted by Crippen LogP contribution is 2.15. The number of carbonyl (C=O) groups excluding carboxylic acids is 1. The molecular formula is C17H14BrN3O4S. The van der Waals surface area contributed by atoms with Crippen LogP contribution in [0.2, 0.25) is 0 Å². The van der Waals surface area contributed by atoms with Crippen molar-refractivity contribution in [2.24, 2.45) is 0 Å². The number of nitrogens with one attached hydrogen (secondary N) is 3. The smallest absolute Gasteiger partial charge is 0.271 e. The minimum absolute atomic E-state index is 0.000230. The minimum Gasteiger partial charge on any atom is -0.360 e. The van der Waals surface area contributed by atoms with Gasteiger partial charge in [-0.1, -0.05) is 33.6 Å². The van der Waals surface area contributed by atoms with Gasteiger partial charge in [-0.05, 0) is 37.3 Å². The van der Waals surface area contributed by atoms with E-state index in [4.69, 9.17) is 0 Å². The molecule has 0 atom stereocenters. The van der Waals surface area contributed by atoms with Crippen LogP contribution in [0.5, 0.6) is 0 Å². The lowest BCUT2D eigenvalue weighted by molar-refractivity contribution is 0.0944. The highest BCUT2D eigenvalue weighted by molar-refractivity contribution is 9.10. The first-order chi connectivity index (χ1) is 12.3. The summed E-state index contributed by atoms with van der Waals surface area (Å²) in [6, 6.07) is 11.2. The summed E-state index contributed by atoms with van der Waals surface area (Å²) in [5, 5.41) is 0.313. The number of aromatic nitrogens is 1. The molecule has 3 rings (SSSR count). The lowest BCUT2D eigenvalue weighted by Gasteiger charge is -2.09. The second kappa shape index (κ2) is 7.02. The van der Waals surface area contributed by atoms with Crippen LogP contribution in [0.4, 0.5) is 0 Å². The Morgan fingerprint density at radius 1 is 1.12 bits per heavy atom. The number of halogens is 1. The second-order valence-electron chi connectivity index (χ2n) is 5.59. The summed E-state index contributed by atoms with van der Waals surface area (Å²) in [6.45, 7) is 1.83. The van der Waals surface area contributed by atoms with Crippen LogP contribution in [0, 0.1) is 6.92 Å². The number of fused-ring (bicyclic) bond motifs is 1. The SMILES string of the molecule is Cc1ccc(S(=O)(=O)NNC(=O)c2c[nH]c3ccc(Br)cc3c2=O)cc1. The third kappa shape index (κ3) is 3.69. The Balaban J connectivity index is 1.84. The largest absolute Gasteiger partial charge is 0.360 e. The lowest BCUT2D eigenvalue weighted by atomic mass is 10.1. The van der Waals surface area contributed by atoms with Crippen molar-refractivity contribution in [1.82, 2.24) is 15.2 Å². The molecule has 0 fully saturated rings. The molecule has 0 saturated heterocycles. The van der Waals surface area contributed by atoms with Gasteiger partial charge in [0.2, 0.25) is 5.43 Å². The number of hydrogen-bond acceptors (Lipinski definition) is 4. The van der Waals surface area contributed by atoms with Gasteiger partial charge in [-0.25, -0.2) is 8.42 Å². The number of benzene rings is 2. The average molecular weight is 436 g/mol. The number of amides is 1. The van der Waals surface area contributed by atoms with Crippen molar-refractivity contribution >= 4 is 42.8 Å². The zero-order valence-corrected chi connectivity index (χ0v) is 15.9. The standard InChI is InChI=1S/C17H14BrN3O4S/c1-10-2-5-12(6-3-10)26(24,25)21-20-17(23)14-9-19-15-7-4-11(18)8-13(15)16(14)22/h2-9,21H,1H3,(H,19,22)(H,20,23). The summed E-state index contributed by atoms with van der Waals surface area (Å²) in [4.78, 5) is 29.6. The second-order valence-corrected chi connectivity index (χ2v) is 8.19. The molecule has 1 amide bonds. The van der Waals surface area contributed by atoms with Gasteiger partial charge in [0.25, 0.3) is 15.9 Å². The average Bonchev–Trinajstić information content (AvgIpc) is 2.61. The van der Waals surface area contributed by atoms with Gasteiger partial charge in [0.1, 0.15) is 5.56 Å². The predicted molar refractivity (Wildman–Crippen MR) is 101 cm³/mol. The fourth-order valence-electron chi connectivity index (χ4n) is 2.32. The van der Waals surface area contributed by atoms with Crippen LogP contribution in [-0.2, 0) is 10.0 Å². The van der Waals surface area contributed by atoms with E-state index in [9.17, 15) is 18.0 Å². The molecule has 3 N–H and O–H groups in total. The predicted octanol–water partition coefficient (Wildman–Crippen LogP) is 2.22. The van der Waals surface area contributed by atoms with Gasteiger partial charge in [-0.15, -0.1) is 4.83 Å². The van der Waals surface area contributed by atoms with Crippen molar-refractivity contribution in [3.05, 3.63) is 74.5 Å². The van der Waals surface area contributed by atoms with Crippen LogP contribution in [-0.4, -0.2) is 19.3 Å². The lowest BCUT2D eigenvalue weighted by Crippen LogP contribution is -2.43. The molecule has 0 unspecified atom stereocenters. The summed E-state index contributed by atoms with van der Waals surface area (Å²) in [6.07, 6.45) is 1.24. The molecule has 7 nitrogen and oxygen atoms in total. The maximum Gasteiger partial charge on any atom is 0.271 e. The number of sulfonamides is 1. The van der Waals surface area contributed by atoms with Crippen molar-refractivity contribution < 1.29 is 13.2 Å². The van der Waals surface area contributed by atoms with Crippen molar-refractivity contribution in [2.75, 3.05) is 0 Å². The van der Waals surface area contributed by atoms with E-state index < -0.39 is 21.4 Å². The van der Waals surface area contributed by atoms with Crippen LogP contribution in [0.3, 0.4) is 0 Å². The van der Waals surface area contributed by atoms with Gasteiger partial charge >= 0.3 is 0 Å². The highest BCUT2D eigenvalue weighted by atomic mass is 79.9. The zero-order valence-electron chi connectivity index (χ0n) is 13.5. The van der Waals surface area contributed by atoms with E-state index in [1.54, 1.807) is 30.3 Å². The summed E-state index contributed by atoms with van der Waals surface area (Å²) in [7, 11) is -3.94. The van der Waals surface area contributed by atoms with Gasteiger partial charge in [0.05, 0.1) is 4.90 Å². The van der Waals surface area contributed by atoms with Crippen LogP contribution in [0.1, 0.15) is 15.9 Å². The molecule has 0 aliphatic heterocycles. The Labute approximate surface area is 157 Å². The summed E-state index contributed by atoms with van der Waals surface area (Å²) in [5.41, 5.74) is 2.82. The van der Waals surface area contributed by atoms with Crippen molar-refractivity contribution in [1.29, 1.82) is 0 Å². The quantitative estimate of drug-likeness (QED) is 0.545. The van der Waals surface area contributed by atoms with Crippen LogP contribution >= 0.6 is 15.9 Å². The van der Waals surface area contributed by atoms with Crippen molar-refractivity contribution in [2.45, 2.75) is 11.8 Å². The first-order valence-electron chi connectivity index (χ1n) is 7.48. The normalized spacial score (nSPS) is 11.5. The van der Waals surface area contributed by atoms with Crippen LogP contribution < -0.4 is 15.7 Å². The third-order valence-corrected chi connectivity index (χ3v) is 5.47. The third-order valence-electron chi connectivity index (χ3n) is 3.72. The zero-order chi connectivity index (χ0) is 18.9. The molecule has 9 heteroatoms. The summed E-state index contributed by atoms with van der Waals surface area (Å²) < 4.78 is 25.1. The molecule has 0 spiro atoms. The van der Waals surface area contributed by atoms with Gasteiger partial charge in [0.15, 0.2) is 0 Å². The van der Waals surface area contributed by atoms with E-state index in [-0.39, 0.29) is 10.5 Å². The van der Waals surface area contributed by atoms with E-state index in [0.717, 1.165) is 5.56 Å². The summed E-state index contributed by atoms with van der Waals surface area (Å²) in [5.74, 6) is -0.858. The maximum absolute atomic E-state index is 12.5. The Hall–Kier alpha value is -2.49. The number of hydrogen-bond donors (Lipinski definition) is 3. The molecule has 3 aromatic rings. The Kier molecular flexibility index (Phi) is 4.94. The van der Waals surface area contributed by atoms with E-state index in [1.165, 1.54) is 18.3 Å². The van der Waals surface area contributed by atoms with Crippen LogP contribution in [0.25, 0.3) is 10.9 Å². The fourth-order valence-corrected chi connectivity index (χ4v) is 3.52. The molecule has 1 heterocycles. The monoisotopic (exact) mass is 435 g/mol. The van der Waals surface area contributed by atoms with E-state index in [0.29, 0.717) is 15.4 Å². The van der Waals surface area contributed by atoms with Gasteiger partial charge in [-0.2, -0.15) is 0 Å². The Morgan fingerprint density at radius 3 is 2.50 bits per heavy atom. The highest BCUT2D eigenvalue weighted by Gasteiger charge is 2.18. The minimum atomic E-state index is -3.94. The van der Waals surface area contributed by atoms with E-state index in [1.807, 2.05) is 11.8 Å². The molecule has 1 aromatic heterocycles. The first kappa shape index (κ1) is 18.3. The molecular weight excluding hydrogens is 422 g/mol. The molecule has 0 aliphatic rings. The maximum atomic E-state index is 12.5. The van der Waals surface area contributed by atoms with Gasteiger partial charge < -0.3 is 4.98 Å². The number of carbonyl (C=O) groups is 1. The number of aryl methyl sites for hydroxylation is 1. The number of hydrazine groups is 1. The molecule has 0 radical (unpaired) electrons. The molecule has 2 aromatic carbocycles. The van der Waals surface area contributed by atoms with Gasteiger partial charge in [-0.3, -0.25) is 15.0 Å². The number of rotatable bonds is 4. The van der Waals surface area contributed by atoms with E-state index in [2.05, 4.69) is 26.3 Å². The summed E-state index contributed by atoms with van der Waals surface area (Å²) >= 11 is 3.27. The van der Waals surface area contributed by atoms with Gasteiger partial charge in [0, 0.05) is 21.6 Å². The van der Waals surface area contributed by atoms with E-state index >= 15 is 0 Å². The molecule has 134 valence electrons. The first-order valence-corrected chi connectivity index (χ1v) is 9.75. The van der Waals surface area contributed by atoms with Crippen molar-refractivity contribution in [3.8, 4) is 0 Å². The topological polar surface area (TPSA) is 108 Å². The Bertz CT molecular complexity index is 1150.